The molecule has 1 unspecified atom stereocenters. The Hall–Kier alpha value is -2.22. The van der Waals surface area contributed by atoms with Gasteiger partial charge in [0.15, 0.2) is 0 Å². The van der Waals surface area contributed by atoms with Crippen molar-refractivity contribution in [3.63, 3.8) is 0 Å². The average Bonchev–Trinajstić information content (AvgIpc) is 2.82. The predicted octanol–water partition coefficient (Wildman–Crippen LogP) is 3.64. The van der Waals surface area contributed by atoms with Gasteiger partial charge in [0, 0.05) is 11.1 Å². The Kier molecular flexibility index (Phi) is 3.23. The lowest BCUT2D eigenvalue weighted by atomic mass is 10.0. The van der Waals surface area contributed by atoms with E-state index in [2.05, 4.69) is 77.5 Å². The molecule has 0 aromatic heterocycles. The van der Waals surface area contributed by atoms with Crippen molar-refractivity contribution in [1.82, 2.24) is 0 Å². The number of hydrogen-bond acceptors (Lipinski definition) is 1. The minimum atomic E-state index is 0.321. The highest BCUT2D eigenvalue weighted by Gasteiger charge is 2.30. The fourth-order valence-corrected chi connectivity index (χ4v) is 2.44. The first-order chi connectivity index (χ1) is 9.33. The molecule has 0 N–H and O–H groups in total. The molecule has 94 valence electrons. The maximum Gasteiger partial charge on any atom is 0.214 e. The van der Waals surface area contributed by atoms with Crippen LogP contribution in [0.1, 0.15) is 30.5 Å². The Morgan fingerprint density at radius 1 is 1.00 bits per heavy atom. The normalized spacial score (nSPS) is 20.6. The molecule has 0 saturated carbocycles. The van der Waals surface area contributed by atoms with Crippen LogP contribution in [0.3, 0.4) is 0 Å². The molecule has 0 amide bonds. The van der Waals surface area contributed by atoms with Gasteiger partial charge in [0.1, 0.15) is 0 Å². The van der Waals surface area contributed by atoms with Gasteiger partial charge in [-0.2, -0.15) is 0 Å². The summed E-state index contributed by atoms with van der Waals surface area (Å²) >= 11 is 0. The van der Waals surface area contributed by atoms with Gasteiger partial charge in [0.05, 0.1) is 12.1 Å². The molecule has 3 rings (SSSR count). The predicted molar refractivity (Wildman–Crippen MR) is 78.8 cm³/mol. The zero-order valence-electron chi connectivity index (χ0n) is 11.0. The maximum atomic E-state index is 4.64. The van der Waals surface area contributed by atoms with Crippen LogP contribution in [-0.4, -0.2) is 16.6 Å². The highest BCUT2D eigenvalue weighted by Crippen LogP contribution is 2.26. The summed E-state index contributed by atoms with van der Waals surface area (Å²) in [5, 5.41) is 4.64. The topological polar surface area (TPSA) is 15.4 Å². The van der Waals surface area contributed by atoms with E-state index in [1.807, 2.05) is 6.07 Å². The third kappa shape index (κ3) is 2.63. The third-order valence-corrected chi connectivity index (χ3v) is 3.36. The van der Waals surface area contributed by atoms with Crippen molar-refractivity contribution >= 4 is 11.9 Å². The molecule has 2 heteroatoms. The summed E-state index contributed by atoms with van der Waals surface area (Å²) < 4.78 is 2.08. The van der Waals surface area contributed by atoms with Gasteiger partial charge in [-0.3, -0.25) is 0 Å². The summed E-state index contributed by atoms with van der Waals surface area (Å²) in [5.41, 5.74) is 3.68. The molecule has 0 saturated heterocycles. The monoisotopic (exact) mass is 249 g/mol. The summed E-state index contributed by atoms with van der Waals surface area (Å²) in [6, 6.07) is 21.2. The van der Waals surface area contributed by atoms with E-state index >= 15 is 0 Å². The van der Waals surface area contributed by atoms with Crippen molar-refractivity contribution in [1.29, 1.82) is 0 Å². The molecule has 0 fully saturated rings. The van der Waals surface area contributed by atoms with Crippen molar-refractivity contribution in [3.05, 3.63) is 71.8 Å². The van der Waals surface area contributed by atoms with Crippen LogP contribution in [0, 0.1) is 0 Å². The Bertz CT molecular complexity index is 612. The van der Waals surface area contributed by atoms with Gasteiger partial charge in [-0.1, -0.05) is 53.2 Å². The number of hydrogen-bond donors (Lipinski definition) is 0. The lowest BCUT2D eigenvalue weighted by molar-refractivity contribution is -0.562. The maximum absolute atomic E-state index is 4.64. The van der Waals surface area contributed by atoms with Crippen molar-refractivity contribution < 1.29 is 4.68 Å². The molecule has 0 spiro atoms. The second kappa shape index (κ2) is 5.19. The van der Waals surface area contributed by atoms with Gasteiger partial charge in [-0.25, -0.2) is 0 Å². The van der Waals surface area contributed by atoms with E-state index in [1.165, 1.54) is 16.8 Å². The lowest BCUT2D eigenvalue weighted by Gasteiger charge is -2.04. The van der Waals surface area contributed by atoms with Crippen molar-refractivity contribution in [2.75, 3.05) is 0 Å². The van der Waals surface area contributed by atoms with Gasteiger partial charge in [-0.15, -0.1) is 0 Å². The van der Waals surface area contributed by atoms with E-state index in [9.17, 15) is 0 Å². The lowest BCUT2D eigenvalue weighted by Crippen LogP contribution is -2.10. The molecule has 0 radical (unpaired) electrons. The van der Waals surface area contributed by atoms with Gasteiger partial charge >= 0.3 is 0 Å². The first kappa shape index (κ1) is 11.8. The minimum Gasteiger partial charge on any atom is -0.0833 e. The Morgan fingerprint density at radius 2 is 1.63 bits per heavy atom. The average molecular weight is 249 g/mol. The van der Waals surface area contributed by atoms with E-state index in [1.54, 1.807) is 0 Å². The zero-order chi connectivity index (χ0) is 13.1. The molecule has 2 nitrogen and oxygen atoms in total. The SMILES string of the molecule is CC1=N/[N+](=C/c2ccccc2)C(c2ccccc2)C1. The van der Waals surface area contributed by atoms with Crippen LogP contribution in [0.4, 0.5) is 0 Å². The van der Waals surface area contributed by atoms with Crippen LogP contribution in [0.5, 0.6) is 0 Å². The van der Waals surface area contributed by atoms with Crippen molar-refractivity contribution in [2.45, 2.75) is 19.4 Å². The molecule has 1 aliphatic heterocycles. The molecule has 19 heavy (non-hydrogen) atoms. The van der Waals surface area contributed by atoms with E-state index in [-0.39, 0.29) is 0 Å². The standard InChI is InChI=1S/C17H17N2/c1-14-12-17(16-10-6-3-7-11-16)19(18-14)13-15-8-4-2-5-9-15/h2-11,13,17H,12H2,1H3/q+1/b19-13+. The Balaban J connectivity index is 1.96. The van der Waals surface area contributed by atoms with Crippen LogP contribution >= 0.6 is 0 Å². The van der Waals surface area contributed by atoms with Gasteiger partial charge < -0.3 is 0 Å². The smallest absolute Gasteiger partial charge is 0.0833 e. The summed E-state index contributed by atoms with van der Waals surface area (Å²) in [5.74, 6) is 0. The molecule has 1 atom stereocenters. The Labute approximate surface area is 113 Å². The largest absolute Gasteiger partial charge is 0.214 e. The summed E-state index contributed by atoms with van der Waals surface area (Å²) in [6.45, 7) is 2.09. The number of benzene rings is 2. The van der Waals surface area contributed by atoms with Crippen molar-refractivity contribution in [2.24, 2.45) is 5.10 Å². The van der Waals surface area contributed by atoms with Gasteiger partial charge in [-0.05, 0) is 24.2 Å². The summed E-state index contributed by atoms with van der Waals surface area (Å²) in [6.07, 6.45) is 3.11. The molecule has 0 aliphatic carbocycles. The highest BCUT2D eigenvalue weighted by atomic mass is 15.4. The van der Waals surface area contributed by atoms with Gasteiger partial charge in [0.25, 0.3) is 0 Å². The van der Waals surface area contributed by atoms with E-state index in [0.29, 0.717) is 6.04 Å². The quantitative estimate of drug-likeness (QED) is 0.722. The van der Waals surface area contributed by atoms with Crippen LogP contribution in [0.25, 0.3) is 0 Å². The molecule has 2 aromatic carbocycles. The Morgan fingerprint density at radius 3 is 2.32 bits per heavy atom. The molecule has 1 heterocycles. The second-order valence-electron chi connectivity index (χ2n) is 4.89. The number of nitrogens with zero attached hydrogens (tertiary/aromatic N) is 2. The second-order valence-corrected chi connectivity index (χ2v) is 4.89. The van der Waals surface area contributed by atoms with E-state index in [0.717, 1.165) is 6.42 Å². The first-order valence-corrected chi connectivity index (χ1v) is 6.60. The van der Waals surface area contributed by atoms with E-state index < -0.39 is 0 Å². The van der Waals surface area contributed by atoms with Crippen LogP contribution in [0.15, 0.2) is 65.8 Å². The van der Waals surface area contributed by atoms with E-state index in [4.69, 9.17) is 0 Å². The van der Waals surface area contributed by atoms with Crippen LogP contribution in [0.2, 0.25) is 0 Å². The molecule has 2 aromatic rings. The van der Waals surface area contributed by atoms with Crippen molar-refractivity contribution in [3.8, 4) is 0 Å². The third-order valence-electron chi connectivity index (χ3n) is 3.36. The van der Waals surface area contributed by atoms with Gasteiger partial charge in [0.2, 0.25) is 12.3 Å². The summed E-state index contributed by atoms with van der Waals surface area (Å²) in [7, 11) is 0. The number of hydrazone groups is 1. The van der Waals surface area contributed by atoms with Crippen LogP contribution in [-0.2, 0) is 0 Å². The minimum absolute atomic E-state index is 0.321. The highest BCUT2D eigenvalue weighted by molar-refractivity contribution is 5.84. The molecule has 0 bridgehead atoms. The molecule has 1 aliphatic rings. The zero-order valence-corrected chi connectivity index (χ0v) is 11.0. The first-order valence-electron chi connectivity index (χ1n) is 6.60. The molecular weight excluding hydrogens is 232 g/mol. The number of rotatable bonds is 2. The van der Waals surface area contributed by atoms with Crippen LogP contribution < -0.4 is 0 Å². The summed E-state index contributed by atoms with van der Waals surface area (Å²) in [4.78, 5) is 0. The molecular formula is C17H17N2+. The fourth-order valence-electron chi connectivity index (χ4n) is 2.44. The fraction of sp³-hybridized carbons (Fsp3) is 0.176.